The minimum Gasteiger partial charge on any atom is -0.494 e. The first-order chi connectivity index (χ1) is 36.6. The maximum atomic E-state index is 5.94. The molecular formula is C70H56N2O2. The summed E-state index contributed by atoms with van der Waals surface area (Å²) in [7, 11) is 0. The number of hydrogen-bond acceptors (Lipinski definition) is 4. The van der Waals surface area contributed by atoms with Gasteiger partial charge in [-0.1, -0.05) is 147 Å². The van der Waals surface area contributed by atoms with Crippen LogP contribution in [0, 0.1) is 0 Å². The Morgan fingerprint density at radius 3 is 0.946 bits per heavy atom. The number of fused-ring (bicyclic) bond motifs is 6. The molecule has 0 aliphatic rings. The van der Waals surface area contributed by atoms with E-state index in [-0.39, 0.29) is 0 Å². The van der Waals surface area contributed by atoms with Crippen LogP contribution in [0.3, 0.4) is 0 Å². The molecule has 0 atom stereocenters. The number of anilines is 6. The van der Waals surface area contributed by atoms with E-state index in [9.17, 15) is 0 Å². The van der Waals surface area contributed by atoms with Gasteiger partial charge in [0.15, 0.2) is 0 Å². The van der Waals surface area contributed by atoms with E-state index >= 15 is 0 Å². The minimum atomic E-state index is 0.620. The van der Waals surface area contributed by atoms with Gasteiger partial charge in [-0.25, -0.2) is 0 Å². The summed E-state index contributed by atoms with van der Waals surface area (Å²) in [6, 6.07) is 80.9. The Balaban J connectivity index is 1.14. The summed E-state index contributed by atoms with van der Waals surface area (Å²) in [5.41, 5.74) is 14.2. The highest BCUT2D eigenvalue weighted by Crippen LogP contribution is 2.57. The van der Waals surface area contributed by atoms with E-state index in [1.165, 1.54) is 98.0 Å². The molecule has 0 bridgehead atoms. The Kier molecular flexibility index (Phi) is 11.3. The summed E-state index contributed by atoms with van der Waals surface area (Å²) in [5, 5.41) is 15.1. The second kappa shape index (κ2) is 18.6. The zero-order valence-corrected chi connectivity index (χ0v) is 42.3. The fourth-order valence-corrected chi connectivity index (χ4v) is 12.0. The second-order valence-electron chi connectivity index (χ2n) is 19.3. The van der Waals surface area contributed by atoms with Gasteiger partial charge < -0.3 is 19.3 Å². The van der Waals surface area contributed by atoms with Gasteiger partial charge >= 0.3 is 0 Å². The highest BCUT2D eigenvalue weighted by atomic mass is 16.5. The predicted molar refractivity (Wildman–Crippen MR) is 315 cm³/mol. The Labute approximate surface area is 432 Å². The maximum absolute atomic E-state index is 5.94. The molecular weight excluding hydrogens is 901 g/mol. The predicted octanol–water partition coefficient (Wildman–Crippen LogP) is 19.7. The molecule has 0 saturated carbocycles. The van der Waals surface area contributed by atoms with Crippen molar-refractivity contribution < 1.29 is 9.47 Å². The molecule has 0 aliphatic carbocycles. The molecule has 0 aliphatic heterocycles. The molecule has 358 valence electrons. The molecule has 74 heavy (non-hydrogen) atoms. The van der Waals surface area contributed by atoms with Crippen molar-refractivity contribution in [2.24, 2.45) is 0 Å². The summed E-state index contributed by atoms with van der Waals surface area (Å²) in [4.78, 5) is 4.83. The molecule has 0 fully saturated rings. The van der Waals surface area contributed by atoms with Crippen molar-refractivity contribution in [2.75, 3.05) is 23.0 Å². The van der Waals surface area contributed by atoms with Gasteiger partial charge in [0.1, 0.15) is 11.5 Å². The number of aryl methyl sites for hydroxylation is 2. The summed E-state index contributed by atoms with van der Waals surface area (Å²) in [6.45, 7) is 9.73. The lowest BCUT2D eigenvalue weighted by atomic mass is 9.87. The average Bonchev–Trinajstić information content (AvgIpc) is 3.99. The lowest BCUT2D eigenvalue weighted by Gasteiger charge is -2.27. The van der Waals surface area contributed by atoms with Gasteiger partial charge in [0.2, 0.25) is 0 Å². The molecule has 0 amide bonds. The Hall–Kier alpha value is -8.86. The molecule has 0 unspecified atom stereocenters. The van der Waals surface area contributed by atoms with Gasteiger partial charge in [0, 0.05) is 33.5 Å². The van der Waals surface area contributed by atoms with Crippen molar-refractivity contribution >= 4 is 98.8 Å². The molecule has 13 rings (SSSR count). The highest BCUT2D eigenvalue weighted by molar-refractivity contribution is 6.47. The minimum absolute atomic E-state index is 0.620. The van der Waals surface area contributed by atoms with Crippen LogP contribution >= 0.6 is 0 Å². The zero-order chi connectivity index (χ0) is 49.9. The third-order valence-corrected chi connectivity index (χ3v) is 15.2. The van der Waals surface area contributed by atoms with E-state index in [0.29, 0.717) is 13.2 Å². The fraction of sp³-hybridized carbons (Fsp3) is 0.114. The van der Waals surface area contributed by atoms with Crippen LogP contribution in [0.1, 0.15) is 38.8 Å². The van der Waals surface area contributed by atoms with E-state index < -0.39 is 0 Å². The molecule has 0 radical (unpaired) electrons. The topological polar surface area (TPSA) is 24.9 Å². The molecule has 0 heterocycles. The lowest BCUT2D eigenvalue weighted by Crippen LogP contribution is -2.10. The van der Waals surface area contributed by atoms with Gasteiger partial charge in [-0.05, 0) is 199 Å². The van der Waals surface area contributed by atoms with Gasteiger partial charge in [-0.3, -0.25) is 0 Å². The van der Waals surface area contributed by atoms with Crippen LogP contribution in [-0.4, -0.2) is 13.2 Å². The first-order valence-electron chi connectivity index (χ1n) is 26.3. The van der Waals surface area contributed by atoms with Gasteiger partial charge in [0.05, 0.1) is 24.6 Å². The number of hydrogen-bond donors (Lipinski definition) is 0. The van der Waals surface area contributed by atoms with Crippen molar-refractivity contribution in [3.8, 4) is 33.8 Å². The van der Waals surface area contributed by atoms with Gasteiger partial charge in [-0.2, -0.15) is 0 Å². The van der Waals surface area contributed by atoms with Crippen LogP contribution < -0.4 is 19.3 Å². The van der Waals surface area contributed by atoms with Crippen LogP contribution in [-0.2, 0) is 12.8 Å². The Morgan fingerprint density at radius 1 is 0.284 bits per heavy atom. The molecule has 0 spiro atoms. The summed E-state index contributed by atoms with van der Waals surface area (Å²) in [5.74, 6) is 1.73. The van der Waals surface area contributed by atoms with Crippen LogP contribution in [0.25, 0.3) is 86.9 Å². The monoisotopic (exact) mass is 956 g/mol. The zero-order valence-electron chi connectivity index (χ0n) is 42.3. The van der Waals surface area contributed by atoms with Crippen molar-refractivity contribution in [3.63, 3.8) is 0 Å². The second-order valence-corrected chi connectivity index (χ2v) is 19.3. The number of nitrogens with zero attached hydrogens (tertiary/aromatic N) is 2. The Bertz CT molecular complexity index is 3800. The lowest BCUT2D eigenvalue weighted by molar-refractivity contribution is 0.340. The fourth-order valence-electron chi connectivity index (χ4n) is 12.0. The largest absolute Gasteiger partial charge is 0.494 e. The molecule has 4 nitrogen and oxygen atoms in total. The van der Waals surface area contributed by atoms with E-state index in [0.717, 1.165) is 58.5 Å². The maximum Gasteiger partial charge on any atom is 0.119 e. The van der Waals surface area contributed by atoms with Crippen LogP contribution in [0.15, 0.2) is 218 Å². The quantitative estimate of drug-likeness (QED) is 0.108. The summed E-state index contributed by atoms with van der Waals surface area (Å²) < 4.78 is 11.9. The van der Waals surface area contributed by atoms with E-state index in [1.54, 1.807) is 0 Å². The summed E-state index contributed by atoms with van der Waals surface area (Å²) in [6.07, 6.45) is 1.96. The molecule has 0 saturated heterocycles. The van der Waals surface area contributed by atoms with E-state index in [1.807, 2.05) is 13.8 Å². The number of benzene rings is 11. The van der Waals surface area contributed by atoms with Gasteiger partial charge in [0.25, 0.3) is 0 Å². The van der Waals surface area contributed by atoms with Gasteiger partial charge in [-0.15, -0.1) is 0 Å². The van der Waals surface area contributed by atoms with E-state index in [2.05, 4.69) is 242 Å². The van der Waals surface area contributed by atoms with Crippen molar-refractivity contribution in [1.29, 1.82) is 0 Å². The molecule has 13 aromatic rings. The third-order valence-electron chi connectivity index (χ3n) is 15.2. The highest BCUT2D eigenvalue weighted by Gasteiger charge is 2.30. The van der Waals surface area contributed by atoms with Crippen LogP contribution in [0.5, 0.6) is 11.5 Å². The molecule has 4 heteroatoms. The van der Waals surface area contributed by atoms with Crippen molar-refractivity contribution in [2.45, 2.75) is 40.5 Å². The first-order valence-corrected chi connectivity index (χ1v) is 26.3. The van der Waals surface area contributed by atoms with Crippen molar-refractivity contribution in [1.82, 2.24) is 0 Å². The Morgan fingerprint density at radius 2 is 0.608 bits per heavy atom. The number of rotatable bonds is 14. The normalized spacial score (nSPS) is 11.7. The van der Waals surface area contributed by atoms with E-state index in [4.69, 9.17) is 9.47 Å². The first kappa shape index (κ1) is 45.0. The third kappa shape index (κ3) is 7.27. The van der Waals surface area contributed by atoms with Crippen LogP contribution in [0.2, 0.25) is 0 Å². The average molecular weight is 957 g/mol. The molecule has 13 aromatic carbocycles. The van der Waals surface area contributed by atoms with Crippen molar-refractivity contribution in [3.05, 3.63) is 230 Å². The van der Waals surface area contributed by atoms with Crippen LogP contribution in [0.4, 0.5) is 34.1 Å². The molecule has 0 aromatic heterocycles. The number of ether oxygens (including phenoxy) is 2. The SMILES string of the molecule is CCOc1ccc(N(c2ccc(CC)cc2)c2ccc3c4c(-c5ccccc5)c5c6ccc(N(c7ccc(CC)cc7)c7ccc(OCC)cc7)c7cccc(c5c(-c5ccccc5)c4c4cccc2c43)c76)cc1. The summed E-state index contributed by atoms with van der Waals surface area (Å²) >= 11 is 0. The standard InChI is InChI=1S/C70H56N2O2/c1-5-45-25-29-49(30-26-45)71(51-33-37-53(38-34-51)73-7-3)61-43-41-59-65-55(61)21-15-23-57(65)67-63(47-17-11-9-12-18-47)68-58-24-16-22-56-62(44-42-60(66(56)58)70(68)64(69(59)67)48-19-13-10-14-20-48)72(50-31-27-46(6-2)28-32-50)52-35-39-54(40-36-52)74-8-4/h9-44H,5-8H2,1-4H3. The smallest absolute Gasteiger partial charge is 0.119 e. The molecule has 0 N–H and O–H groups in total.